The van der Waals surface area contributed by atoms with E-state index in [1.807, 2.05) is 31.3 Å². The van der Waals surface area contributed by atoms with Gasteiger partial charge in [0.25, 0.3) is 0 Å². The lowest BCUT2D eigenvalue weighted by Gasteiger charge is -2.12. The first-order valence-electron chi connectivity index (χ1n) is 10.4. The third kappa shape index (κ3) is 5.02. The van der Waals surface area contributed by atoms with Crippen LogP contribution >= 0.6 is 0 Å². The summed E-state index contributed by atoms with van der Waals surface area (Å²) in [5.41, 5.74) is 4.79. The Morgan fingerprint density at radius 1 is 1.18 bits per heavy atom. The van der Waals surface area contributed by atoms with E-state index in [2.05, 4.69) is 26.8 Å². The number of amides is 1. The van der Waals surface area contributed by atoms with E-state index in [4.69, 9.17) is 14.2 Å². The number of nitrogens with one attached hydrogen (secondary N) is 2. The van der Waals surface area contributed by atoms with Gasteiger partial charge in [-0.15, -0.1) is 0 Å². The Hall–Kier alpha value is -4.17. The molecule has 0 unspecified atom stereocenters. The number of H-pyrrole nitrogens is 1. The third-order valence-electron chi connectivity index (χ3n) is 4.99. The van der Waals surface area contributed by atoms with Crippen LogP contribution < -0.4 is 14.8 Å². The van der Waals surface area contributed by atoms with Gasteiger partial charge in [-0.1, -0.05) is 24.8 Å². The van der Waals surface area contributed by atoms with Crippen molar-refractivity contribution in [3.05, 3.63) is 73.1 Å². The molecule has 8 nitrogen and oxygen atoms in total. The fourth-order valence-electron chi connectivity index (χ4n) is 3.38. The zero-order valence-corrected chi connectivity index (χ0v) is 18.4. The van der Waals surface area contributed by atoms with E-state index < -0.39 is 0 Å². The van der Waals surface area contributed by atoms with Crippen molar-refractivity contribution in [1.29, 1.82) is 0 Å². The van der Waals surface area contributed by atoms with Crippen molar-refractivity contribution in [3.8, 4) is 28.5 Å². The average molecular weight is 444 g/mol. The van der Waals surface area contributed by atoms with E-state index >= 15 is 0 Å². The summed E-state index contributed by atoms with van der Waals surface area (Å²) in [5, 5.41) is 2.71. The van der Waals surface area contributed by atoms with Crippen LogP contribution in [0, 0.1) is 6.92 Å². The molecular formula is C25H24N4O4. The van der Waals surface area contributed by atoms with Crippen LogP contribution in [0.2, 0.25) is 0 Å². The van der Waals surface area contributed by atoms with Gasteiger partial charge in [0.05, 0.1) is 12.8 Å². The molecule has 33 heavy (non-hydrogen) atoms. The standard InChI is InChI=1S/C25H24N4O4/c1-4-22(30)28-17-7-5-8-18(13-17)33-23-15-27-25-24(29-23)20(14-26-25)19-9-6-10-21(16(19)2)32-12-11-31-3/h4-10,13-15H,1,11-12H2,2-3H3,(H,26,27)(H,28,30). The number of carbonyl (C=O) groups excluding carboxylic acids is 1. The van der Waals surface area contributed by atoms with E-state index in [0.717, 1.165) is 22.4 Å². The zero-order chi connectivity index (χ0) is 23.2. The molecule has 4 aromatic rings. The second kappa shape index (κ2) is 9.97. The van der Waals surface area contributed by atoms with Gasteiger partial charge in [0.2, 0.25) is 11.8 Å². The van der Waals surface area contributed by atoms with Gasteiger partial charge in [0.15, 0.2) is 5.65 Å². The highest BCUT2D eigenvalue weighted by molar-refractivity contribution is 5.99. The lowest BCUT2D eigenvalue weighted by molar-refractivity contribution is -0.111. The molecule has 2 heterocycles. The maximum absolute atomic E-state index is 11.6. The van der Waals surface area contributed by atoms with E-state index in [-0.39, 0.29) is 5.91 Å². The first kappa shape index (κ1) is 22.0. The van der Waals surface area contributed by atoms with Gasteiger partial charge >= 0.3 is 0 Å². The minimum absolute atomic E-state index is 0.297. The van der Waals surface area contributed by atoms with Crippen molar-refractivity contribution in [3.63, 3.8) is 0 Å². The van der Waals surface area contributed by atoms with E-state index in [0.29, 0.717) is 41.7 Å². The van der Waals surface area contributed by atoms with E-state index in [1.54, 1.807) is 37.6 Å². The molecule has 0 saturated heterocycles. The van der Waals surface area contributed by atoms with Crippen molar-refractivity contribution in [1.82, 2.24) is 15.0 Å². The summed E-state index contributed by atoms with van der Waals surface area (Å²) in [4.78, 5) is 23.8. The molecule has 1 amide bonds. The number of carbonyl (C=O) groups is 1. The van der Waals surface area contributed by atoms with Crippen LogP contribution in [-0.4, -0.2) is 41.2 Å². The predicted octanol–water partition coefficient (Wildman–Crippen LogP) is 4.88. The van der Waals surface area contributed by atoms with Crippen molar-refractivity contribution in [2.75, 3.05) is 25.6 Å². The molecule has 8 heteroatoms. The topological polar surface area (TPSA) is 98.4 Å². The van der Waals surface area contributed by atoms with Gasteiger partial charge in [-0.05, 0) is 42.3 Å². The van der Waals surface area contributed by atoms with Crippen molar-refractivity contribution < 1.29 is 19.0 Å². The third-order valence-corrected chi connectivity index (χ3v) is 4.99. The number of aromatic amines is 1. The van der Waals surface area contributed by atoms with Gasteiger partial charge in [-0.25, -0.2) is 9.97 Å². The monoisotopic (exact) mass is 444 g/mol. The zero-order valence-electron chi connectivity index (χ0n) is 18.4. The number of hydrogen-bond donors (Lipinski definition) is 2. The smallest absolute Gasteiger partial charge is 0.247 e. The summed E-state index contributed by atoms with van der Waals surface area (Å²) < 4.78 is 16.8. The minimum Gasteiger partial charge on any atom is -0.491 e. The van der Waals surface area contributed by atoms with Gasteiger partial charge in [0.1, 0.15) is 23.6 Å². The van der Waals surface area contributed by atoms with Crippen molar-refractivity contribution >= 4 is 22.8 Å². The Kier molecular flexibility index (Phi) is 6.66. The maximum atomic E-state index is 11.6. The second-order valence-electron chi connectivity index (χ2n) is 7.20. The van der Waals surface area contributed by atoms with E-state index in [1.165, 1.54) is 6.08 Å². The number of nitrogens with zero attached hydrogens (tertiary/aromatic N) is 2. The van der Waals surface area contributed by atoms with Crippen LogP contribution in [0.4, 0.5) is 5.69 Å². The van der Waals surface area contributed by atoms with Crippen LogP contribution in [0.1, 0.15) is 5.56 Å². The molecule has 2 aromatic carbocycles. The fourth-order valence-corrected chi connectivity index (χ4v) is 3.38. The molecule has 2 aromatic heterocycles. The quantitative estimate of drug-likeness (QED) is 0.282. The van der Waals surface area contributed by atoms with Gasteiger partial charge in [0, 0.05) is 30.6 Å². The largest absolute Gasteiger partial charge is 0.491 e. The second-order valence-corrected chi connectivity index (χ2v) is 7.20. The highest BCUT2D eigenvalue weighted by Crippen LogP contribution is 2.34. The summed E-state index contributed by atoms with van der Waals surface area (Å²) in [6.45, 7) is 6.45. The summed E-state index contributed by atoms with van der Waals surface area (Å²) in [5.74, 6) is 1.35. The van der Waals surface area contributed by atoms with Gasteiger partial charge < -0.3 is 24.5 Å². The Bertz CT molecular complexity index is 1300. The summed E-state index contributed by atoms with van der Waals surface area (Å²) in [6, 6.07) is 12.9. The molecule has 0 radical (unpaired) electrons. The number of fused-ring (bicyclic) bond motifs is 1. The van der Waals surface area contributed by atoms with Crippen LogP contribution in [0.3, 0.4) is 0 Å². The van der Waals surface area contributed by atoms with Crippen LogP contribution in [0.25, 0.3) is 22.3 Å². The first-order valence-corrected chi connectivity index (χ1v) is 10.4. The molecule has 0 fully saturated rings. The van der Waals surface area contributed by atoms with Gasteiger partial charge in [-0.2, -0.15) is 0 Å². The van der Waals surface area contributed by atoms with Crippen LogP contribution in [0.15, 0.2) is 67.5 Å². The molecule has 0 atom stereocenters. The maximum Gasteiger partial charge on any atom is 0.247 e. The molecule has 0 bridgehead atoms. The van der Waals surface area contributed by atoms with Crippen LogP contribution in [0.5, 0.6) is 17.4 Å². The molecule has 2 N–H and O–H groups in total. The van der Waals surface area contributed by atoms with Crippen molar-refractivity contribution in [2.45, 2.75) is 6.92 Å². The number of aromatic nitrogens is 3. The Morgan fingerprint density at radius 2 is 2.03 bits per heavy atom. The lowest BCUT2D eigenvalue weighted by atomic mass is 10.0. The Balaban J connectivity index is 1.63. The SMILES string of the molecule is C=CC(=O)Nc1cccc(Oc2cnc3[nH]cc(-c4cccc(OCCOC)c4C)c3n2)c1. The molecule has 0 aliphatic carbocycles. The Labute approximate surface area is 191 Å². The number of anilines is 1. The molecule has 0 aliphatic rings. The van der Waals surface area contributed by atoms with Crippen LogP contribution in [-0.2, 0) is 9.53 Å². The molecule has 0 aliphatic heterocycles. The highest BCUT2D eigenvalue weighted by Gasteiger charge is 2.15. The number of hydrogen-bond acceptors (Lipinski definition) is 6. The lowest BCUT2D eigenvalue weighted by Crippen LogP contribution is -2.07. The first-order chi connectivity index (χ1) is 16.1. The van der Waals surface area contributed by atoms with Gasteiger partial charge in [-0.3, -0.25) is 4.79 Å². The average Bonchev–Trinajstić information content (AvgIpc) is 3.23. The summed E-state index contributed by atoms with van der Waals surface area (Å²) in [6.07, 6.45) is 4.63. The minimum atomic E-state index is -0.297. The predicted molar refractivity (Wildman–Crippen MR) is 127 cm³/mol. The Morgan fingerprint density at radius 3 is 2.85 bits per heavy atom. The normalized spacial score (nSPS) is 10.7. The number of ether oxygens (including phenoxy) is 3. The number of methoxy groups -OCH3 is 1. The fraction of sp³-hybridized carbons (Fsp3) is 0.160. The summed E-state index contributed by atoms with van der Waals surface area (Å²) >= 11 is 0. The molecular weight excluding hydrogens is 420 g/mol. The molecule has 0 spiro atoms. The molecule has 168 valence electrons. The highest BCUT2D eigenvalue weighted by atomic mass is 16.5. The molecule has 0 saturated carbocycles. The summed E-state index contributed by atoms with van der Waals surface area (Å²) in [7, 11) is 1.64. The molecule has 4 rings (SSSR count). The number of rotatable bonds is 9. The number of benzene rings is 2. The van der Waals surface area contributed by atoms with Crippen molar-refractivity contribution in [2.24, 2.45) is 0 Å². The van der Waals surface area contributed by atoms with E-state index in [9.17, 15) is 4.79 Å².